The van der Waals surface area contributed by atoms with E-state index in [2.05, 4.69) is 4.74 Å². The van der Waals surface area contributed by atoms with Crippen molar-refractivity contribution in [1.29, 1.82) is 0 Å². The number of ether oxygens (including phenoxy) is 1. The van der Waals surface area contributed by atoms with Crippen LogP contribution in [0.5, 0.6) is 0 Å². The van der Waals surface area contributed by atoms with Crippen molar-refractivity contribution in [2.24, 2.45) is 0 Å². The molecule has 6 heteroatoms. The highest BCUT2D eigenvalue weighted by molar-refractivity contribution is 5.69. The van der Waals surface area contributed by atoms with Crippen LogP contribution < -0.4 is 0 Å². The maximum absolute atomic E-state index is 11.4. The largest absolute Gasteiger partial charge is 0.481 e. The summed E-state index contributed by atoms with van der Waals surface area (Å²) in [7, 11) is 0. The van der Waals surface area contributed by atoms with Gasteiger partial charge in [0.15, 0.2) is 0 Å². The predicted octanol–water partition coefficient (Wildman–Crippen LogP) is 1.40. The van der Waals surface area contributed by atoms with Crippen LogP contribution in [0, 0.1) is 0 Å². The minimum Gasteiger partial charge on any atom is -0.481 e. The number of carbonyl (C=O) groups excluding carboxylic acids is 1. The summed E-state index contributed by atoms with van der Waals surface area (Å²) in [6.45, 7) is -3.09. The Hall–Kier alpha value is -1.20. The van der Waals surface area contributed by atoms with Crippen LogP contribution in [0.1, 0.15) is 25.7 Å². The van der Waals surface area contributed by atoms with Gasteiger partial charge in [-0.1, -0.05) is 0 Å². The summed E-state index contributed by atoms with van der Waals surface area (Å²) < 4.78 is 26.3. The van der Waals surface area contributed by atoms with Crippen molar-refractivity contribution >= 4 is 11.9 Å². The zero-order valence-corrected chi connectivity index (χ0v) is 6.83. The minimum atomic E-state index is -3.09. The van der Waals surface area contributed by atoms with Crippen LogP contribution >= 0.6 is 0 Å². The van der Waals surface area contributed by atoms with Gasteiger partial charge in [0.1, 0.15) is 0 Å². The van der Waals surface area contributed by atoms with E-state index in [9.17, 15) is 18.4 Å². The van der Waals surface area contributed by atoms with Crippen LogP contribution in [0.3, 0.4) is 0 Å². The second-order valence-corrected chi connectivity index (χ2v) is 2.35. The first-order chi connectivity index (χ1) is 6.02. The van der Waals surface area contributed by atoms with Gasteiger partial charge in [0.25, 0.3) is 0 Å². The summed E-state index contributed by atoms with van der Waals surface area (Å²) in [5.41, 5.74) is 0. The number of unbranched alkanes of at least 4 members (excludes halogenated alkanes) is 1. The van der Waals surface area contributed by atoms with E-state index in [0.29, 0.717) is 0 Å². The molecule has 76 valence electrons. The van der Waals surface area contributed by atoms with Crippen LogP contribution in [0.4, 0.5) is 8.78 Å². The number of hydrogen-bond acceptors (Lipinski definition) is 3. The number of hydrogen-bond donors (Lipinski definition) is 1. The van der Waals surface area contributed by atoms with Crippen molar-refractivity contribution in [2.75, 3.05) is 0 Å². The highest BCUT2D eigenvalue weighted by Crippen LogP contribution is 2.04. The van der Waals surface area contributed by atoms with Crippen molar-refractivity contribution in [2.45, 2.75) is 32.3 Å². The van der Waals surface area contributed by atoms with Crippen molar-refractivity contribution in [3.05, 3.63) is 0 Å². The smallest absolute Gasteiger partial charge is 0.389 e. The van der Waals surface area contributed by atoms with Crippen LogP contribution in [-0.4, -0.2) is 23.7 Å². The van der Waals surface area contributed by atoms with Gasteiger partial charge in [0.2, 0.25) is 0 Å². The van der Waals surface area contributed by atoms with E-state index >= 15 is 0 Å². The van der Waals surface area contributed by atoms with Gasteiger partial charge in [-0.05, 0) is 12.8 Å². The maximum Gasteiger partial charge on any atom is 0.389 e. The molecule has 0 radical (unpaired) electrons. The molecule has 0 aliphatic rings. The van der Waals surface area contributed by atoms with Crippen molar-refractivity contribution in [1.82, 2.24) is 0 Å². The number of carbonyl (C=O) groups is 2. The molecule has 0 fully saturated rings. The zero-order chi connectivity index (χ0) is 10.3. The van der Waals surface area contributed by atoms with Crippen molar-refractivity contribution < 1.29 is 28.2 Å². The molecule has 0 aromatic heterocycles. The number of carboxylic acids is 1. The maximum atomic E-state index is 11.4. The topological polar surface area (TPSA) is 63.6 Å². The van der Waals surface area contributed by atoms with E-state index in [1.165, 1.54) is 0 Å². The molecular weight excluding hydrogens is 186 g/mol. The molecule has 0 saturated heterocycles. The molecule has 0 unspecified atom stereocenters. The van der Waals surface area contributed by atoms with Gasteiger partial charge >= 0.3 is 18.6 Å². The summed E-state index contributed by atoms with van der Waals surface area (Å²) in [4.78, 5) is 20.4. The van der Waals surface area contributed by atoms with Gasteiger partial charge in [-0.3, -0.25) is 9.59 Å². The second-order valence-electron chi connectivity index (χ2n) is 2.35. The Morgan fingerprint density at radius 1 is 1.23 bits per heavy atom. The van der Waals surface area contributed by atoms with Gasteiger partial charge in [-0.15, -0.1) is 0 Å². The van der Waals surface area contributed by atoms with Gasteiger partial charge in [0.05, 0.1) is 0 Å². The lowest BCUT2D eigenvalue weighted by atomic mass is 10.2. The third-order valence-corrected chi connectivity index (χ3v) is 1.24. The van der Waals surface area contributed by atoms with Crippen molar-refractivity contribution in [3.63, 3.8) is 0 Å². The summed E-state index contributed by atoms with van der Waals surface area (Å²) in [6, 6.07) is 0. The number of alkyl halides is 2. The van der Waals surface area contributed by atoms with E-state index in [0.717, 1.165) is 0 Å². The van der Waals surface area contributed by atoms with E-state index in [1.807, 2.05) is 0 Å². The fourth-order valence-corrected chi connectivity index (χ4v) is 0.704. The van der Waals surface area contributed by atoms with Gasteiger partial charge in [-0.2, -0.15) is 8.78 Å². The average Bonchev–Trinajstić information content (AvgIpc) is 1.96. The number of carboxylic acid groups (broad SMARTS) is 1. The summed E-state index contributed by atoms with van der Waals surface area (Å²) in [5, 5.41) is 8.19. The Labute approximate surface area is 73.5 Å². The molecule has 0 amide bonds. The molecule has 0 atom stereocenters. The highest BCUT2D eigenvalue weighted by Gasteiger charge is 2.09. The Kier molecular flexibility index (Phi) is 5.75. The fourth-order valence-electron chi connectivity index (χ4n) is 0.704. The molecule has 0 saturated carbocycles. The Morgan fingerprint density at radius 3 is 2.23 bits per heavy atom. The van der Waals surface area contributed by atoms with E-state index in [-0.39, 0.29) is 25.7 Å². The lowest BCUT2D eigenvalue weighted by molar-refractivity contribution is -0.176. The fraction of sp³-hybridized carbons (Fsp3) is 0.714. The average molecular weight is 196 g/mol. The van der Waals surface area contributed by atoms with Gasteiger partial charge in [0, 0.05) is 12.8 Å². The molecule has 0 rings (SSSR count). The van der Waals surface area contributed by atoms with E-state index in [4.69, 9.17) is 5.11 Å². The monoisotopic (exact) mass is 196 g/mol. The highest BCUT2D eigenvalue weighted by atomic mass is 19.3. The molecule has 13 heavy (non-hydrogen) atoms. The molecule has 4 nitrogen and oxygen atoms in total. The molecule has 0 aliphatic carbocycles. The molecule has 0 heterocycles. The quantitative estimate of drug-likeness (QED) is 0.515. The van der Waals surface area contributed by atoms with Crippen molar-refractivity contribution in [3.8, 4) is 0 Å². The first-order valence-electron chi connectivity index (χ1n) is 3.72. The summed E-state index contributed by atoms with van der Waals surface area (Å²) in [5.74, 6) is -1.97. The van der Waals surface area contributed by atoms with Crippen LogP contribution in [0.25, 0.3) is 0 Å². The van der Waals surface area contributed by atoms with Gasteiger partial charge in [-0.25, -0.2) is 0 Å². The summed E-state index contributed by atoms with van der Waals surface area (Å²) >= 11 is 0. The number of aliphatic carboxylic acids is 1. The molecule has 1 N–H and O–H groups in total. The Bertz CT molecular complexity index is 181. The standard InChI is InChI=1S/C7H10F2O4/c8-7(9)13-6(12)4-2-1-3-5(10)11/h7H,1-4H2,(H,10,11). The first kappa shape index (κ1) is 11.8. The third-order valence-electron chi connectivity index (χ3n) is 1.24. The summed E-state index contributed by atoms with van der Waals surface area (Å²) in [6.07, 6.45) is 0.297. The van der Waals surface area contributed by atoms with Gasteiger partial charge < -0.3 is 9.84 Å². The first-order valence-corrected chi connectivity index (χ1v) is 3.72. The van der Waals surface area contributed by atoms with Crippen LogP contribution in [0.15, 0.2) is 0 Å². The lowest BCUT2D eigenvalue weighted by Crippen LogP contribution is -2.09. The minimum absolute atomic E-state index is 0.0675. The van der Waals surface area contributed by atoms with Crippen LogP contribution in [0.2, 0.25) is 0 Å². The predicted molar refractivity (Wildman–Crippen MR) is 38.2 cm³/mol. The van der Waals surface area contributed by atoms with Crippen LogP contribution in [-0.2, 0) is 14.3 Å². The Balaban J connectivity index is 3.32. The molecule has 0 spiro atoms. The molecular formula is C7H10F2O4. The second kappa shape index (κ2) is 6.33. The normalized spacial score (nSPS) is 10.1. The van der Waals surface area contributed by atoms with E-state index in [1.54, 1.807) is 0 Å². The number of rotatable bonds is 6. The molecule has 0 aromatic rings. The SMILES string of the molecule is O=C(O)CCCCC(=O)OC(F)F. The molecule has 0 bridgehead atoms. The van der Waals surface area contributed by atoms with E-state index < -0.39 is 18.6 Å². The molecule has 0 aromatic carbocycles. The molecule has 0 aliphatic heterocycles. The number of halogens is 2. The lowest BCUT2D eigenvalue weighted by Gasteiger charge is -2.01. The Morgan fingerprint density at radius 2 is 1.77 bits per heavy atom. The third kappa shape index (κ3) is 8.71. The zero-order valence-electron chi connectivity index (χ0n) is 6.83. The number of esters is 1.